The Labute approximate surface area is 324 Å². The lowest BCUT2D eigenvalue weighted by molar-refractivity contribution is -0.131. The third kappa shape index (κ3) is 37.2. The van der Waals surface area contributed by atoms with E-state index in [2.05, 4.69) is 31.3 Å². The SMILES string of the molecule is CCCCCCCCCCCCC/C=C\CCCCCCCCC(O)C(=O)NC(CO)C(O)/C=C/CCCCCCCCCCCCCCCCC. The predicted octanol–water partition coefficient (Wildman–Crippen LogP) is 13.4. The van der Waals surface area contributed by atoms with Crippen molar-refractivity contribution >= 4 is 5.91 Å². The van der Waals surface area contributed by atoms with Gasteiger partial charge in [0.25, 0.3) is 0 Å². The zero-order valence-corrected chi connectivity index (χ0v) is 35.0. The maximum Gasteiger partial charge on any atom is 0.249 e. The quantitative estimate of drug-likeness (QED) is 0.0371. The van der Waals surface area contributed by atoms with Crippen LogP contribution < -0.4 is 5.32 Å². The van der Waals surface area contributed by atoms with Gasteiger partial charge in [-0.2, -0.15) is 0 Å². The average Bonchev–Trinajstić information content (AvgIpc) is 3.15. The summed E-state index contributed by atoms with van der Waals surface area (Å²) in [5, 5.41) is 33.2. The number of allylic oxidation sites excluding steroid dienone is 3. The fourth-order valence-electron chi connectivity index (χ4n) is 7.12. The summed E-state index contributed by atoms with van der Waals surface area (Å²) < 4.78 is 0. The van der Waals surface area contributed by atoms with Crippen molar-refractivity contribution in [1.29, 1.82) is 0 Å². The van der Waals surface area contributed by atoms with Crippen LogP contribution in [0.5, 0.6) is 0 Å². The first-order chi connectivity index (χ1) is 25.6. The molecule has 0 bridgehead atoms. The van der Waals surface area contributed by atoms with Crippen LogP contribution in [0.3, 0.4) is 0 Å². The Bertz CT molecular complexity index is 768. The van der Waals surface area contributed by atoms with Crippen LogP contribution in [0.1, 0.15) is 245 Å². The fraction of sp³-hybridized carbons (Fsp3) is 0.894. The molecule has 0 spiro atoms. The highest BCUT2D eigenvalue weighted by atomic mass is 16.3. The number of carbonyl (C=O) groups is 1. The number of rotatable bonds is 42. The van der Waals surface area contributed by atoms with Gasteiger partial charge in [-0.15, -0.1) is 0 Å². The van der Waals surface area contributed by atoms with Crippen molar-refractivity contribution in [2.45, 2.75) is 263 Å². The number of hydrogen-bond acceptors (Lipinski definition) is 4. The number of hydrogen-bond donors (Lipinski definition) is 4. The molecule has 0 aliphatic carbocycles. The Hall–Kier alpha value is -1.17. The Balaban J connectivity index is 3.65. The maximum absolute atomic E-state index is 12.5. The van der Waals surface area contributed by atoms with E-state index in [0.717, 1.165) is 32.1 Å². The van der Waals surface area contributed by atoms with E-state index >= 15 is 0 Å². The molecule has 0 aromatic rings. The van der Waals surface area contributed by atoms with Gasteiger partial charge in [-0.05, 0) is 44.9 Å². The van der Waals surface area contributed by atoms with E-state index in [9.17, 15) is 20.1 Å². The smallest absolute Gasteiger partial charge is 0.249 e. The van der Waals surface area contributed by atoms with Crippen LogP contribution in [0.4, 0.5) is 0 Å². The lowest BCUT2D eigenvalue weighted by Gasteiger charge is -2.21. The molecule has 0 saturated carbocycles. The molecule has 3 unspecified atom stereocenters. The molecule has 0 aliphatic rings. The van der Waals surface area contributed by atoms with E-state index in [4.69, 9.17) is 0 Å². The number of nitrogens with one attached hydrogen (secondary N) is 1. The van der Waals surface area contributed by atoms with E-state index in [1.807, 2.05) is 6.08 Å². The molecule has 0 aromatic carbocycles. The Morgan fingerprint density at radius 1 is 0.462 bits per heavy atom. The van der Waals surface area contributed by atoms with Crippen molar-refractivity contribution in [2.75, 3.05) is 6.61 Å². The van der Waals surface area contributed by atoms with Crippen molar-refractivity contribution in [3.05, 3.63) is 24.3 Å². The van der Waals surface area contributed by atoms with Gasteiger partial charge >= 0.3 is 0 Å². The second-order valence-corrected chi connectivity index (χ2v) is 16.0. The summed E-state index contributed by atoms with van der Waals surface area (Å²) in [6.45, 7) is 4.19. The van der Waals surface area contributed by atoms with Gasteiger partial charge in [-0.3, -0.25) is 4.79 Å². The zero-order valence-electron chi connectivity index (χ0n) is 35.0. The molecule has 52 heavy (non-hydrogen) atoms. The molecule has 0 aliphatic heterocycles. The summed E-state index contributed by atoms with van der Waals surface area (Å²) in [4.78, 5) is 12.5. The molecule has 0 rings (SSSR count). The van der Waals surface area contributed by atoms with Crippen molar-refractivity contribution in [3.8, 4) is 0 Å². The molecule has 3 atom stereocenters. The molecule has 0 fully saturated rings. The Morgan fingerprint density at radius 2 is 0.769 bits per heavy atom. The van der Waals surface area contributed by atoms with Crippen LogP contribution in [-0.2, 0) is 4.79 Å². The standard InChI is InChI=1S/C47H91NO4/c1-3-5-7-9-11-13-15-17-19-21-22-23-24-26-28-30-32-34-36-38-40-42-46(51)47(52)48-44(43-49)45(50)41-39-37-35-33-31-29-27-25-20-18-16-14-12-10-8-6-4-2/h24,26,39,41,44-46,49-51H,3-23,25,27-38,40,42-43H2,1-2H3,(H,48,52)/b26-24-,41-39+. The highest BCUT2D eigenvalue weighted by Gasteiger charge is 2.22. The van der Waals surface area contributed by atoms with Gasteiger partial charge in [0, 0.05) is 0 Å². The minimum absolute atomic E-state index is 0.364. The number of amides is 1. The number of carbonyl (C=O) groups excluding carboxylic acids is 1. The van der Waals surface area contributed by atoms with E-state index in [-0.39, 0.29) is 6.61 Å². The second-order valence-electron chi connectivity index (χ2n) is 16.0. The number of aliphatic hydroxyl groups is 3. The first-order valence-electron chi connectivity index (χ1n) is 23.2. The average molecular weight is 734 g/mol. The van der Waals surface area contributed by atoms with Gasteiger partial charge in [0.15, 0.2) is 0 Å². The zero-order chi connectivity index (χ0) is 38.0. The van der Waals surface area contributed by atoms with Crippen LogP contribution >= 0.6 is 0 Å². The highest BCUT2D eigenvalue weighted by Crippen LogP contribution is 2.16. The maximum atomic E-state index is 12.5. The normalized spacial score (nSPS) is 13.7. The summed E-state index contributed by atoms with van der Waals surface area (Å²) in [6.07, 6.45) is 52.1. The molecule has 0 radical (unpaired) electrons. The Morgan fingerprint density at radius 3 is 1.12 bits per heavy atom. The van der Waals surface area contributed by atoms with Gasteiger partial charge in [0.2, 0.25) is 5.91 Å². The third-order valence-electron chi connectivity index (χ3n) is 10.8. The topological polar surface area (TPSA) is 89.8 Å². The minimum atomic E-state index is -1.10. The monoisotopic (exact) mass is 734 g/mol. The molecule has 4 N–H and O–H groups in total. The number of aliphatic hydroxyl groups excluding tert-OH is 3. The van der Waals surface area contributed by atoms with Crippen LogP contribution in [0.2, 0.25) is 0 Å². The van der Waals surface area contributed by atoms with Crippen molar-refractivity contribution in [3.63, 3.8) is 0 Å². The van der Waals surface area contributed by atoms with Crippen LogP contribution in [-0.4, -0.2) is 46.1 Å². The number of unbranched alkanes of at least 4 members (excludes halogenated alkanes) is 32. The van der Waals surface area contributed by atoms with Crippen LogP contribution in [0.15, 0.2) is 24.3 Å². The Kier molecular flexibility index (Phi) is 41.6. The van der Waals surface area contributed by atoms with Gasteiger partial charge in [0.05, 0.1) is 18.8 Å². The van der Waals surface area contributed by atoms with Crippen LogP contribution in [0, 0.1) is 0 Å². The molecular formula is C47H91NO4. The first kappa shape index (κ1) is 50.8. The predicted molar refractivity (Wildman–Crippen MR) is 227 cm³/mol. The van der Waals surface area contributed by atoms with Gasteiger partial charge in [-0.25, -0.2) is 0 Å². The molecule has 0 aromatic heterocycles. The van der Waals surface area contributed by atoms with Crippen molar-refractivity contribution < 1.29 is 20.1 Å². The summed E-state index contributed by atoms with van der Waals surface area (Å²) in [7, 11) is 0. The fourth-order valence-corrected chi connectivity index (χ4v) is 7.12. The van der Waals surface area contributed by atoms with Crippen LogP contribution in [0.25, 0.3) is 0 Å². The minimum Gasteiger partial charge on any atom is -0.394 e. The lowest BCUT2D eigenvalue weighted by Crippen LogP contribution is -2.48. The summed E-state index contributed by atoms with van der Waals surface area (Å²) >= 11 is 0. The van der Waals surface area contributed by atoms with Gasteiger partial charge in [0.1, 0.15) is 6.10 Å². The van der Waals surface area contributed by atoms with E-state index in [0.29, 0.717) is 6.42 Å². The largest absolute Gasteiger partial charge is 0.394 e. The highest BCUT2D eigenvalue weighted by molar-refractivity contribution is 5.80. The molecule has 308 valence electrons. The van der Waals surface area contributed by atoms with Crippen molar-refractivity contribution in [1.82, 2.24) is 5.32 Å². The lowest BCUT2D eigenvalue weighted by atomic mass is 10.0. The van der Waals surface area contributed by atoms with Crippen molar-refractivity contribution in [2.24, 2.45) is 0 Å². The van der Waals surface area contributed by atoms with E-state index in [1.54, 1.807) is 6.08 Å². The van der Waals surface area contributed by atoms with Gasteiger partial charge in [-0.1, -0.05) is 224 Å². The molecular weight excluding hydrogens is 643 g/mol. The molecule has 5 nitrogen and oxygen atoms in total. The molecule has 5 heteroatoms. The molecule has 0 heterocycles. The third-order valence-corrected chi connectivity index (χ3v) is 10.8. The first-order valence-corrected chi connectivity index (χ1v) is 23.2. The molecule has 0 saturated heterocycles. The van der Waals surface area contributed by atoms with Gasteiger partial charge < -0.3 is 20.6 Å². The second kappa shape index (κ2) is 42.6. The summed E-state index contributed by atoms with van der Waals surface area (Å²) in [6, 6.07) is -0.798. The summed E-state index contributed by atoms with van der Waals surface area (Å²) in [5.41, 5.74) is 0. The summed E-state index contributed by atoms with van der Waals surface area (Å²) in [5.74, 6) is -0.506. The van der Waals surface area contributed by atoms with E-state index in [1.165, 1.54) is 193 Å². The molecule has 1 amide bonds. The van der Waals surface area contributed by atoms with E-state index < -0.39 is 24.2 Å².